The molecule has 144 valence electrons. The van der Waals surface area contributed by atoms with Crippen LogP contribution in [0.5, 0.6) is 0 Å². The first kappa shape index (κ1) is 20.8. The summed E-state index contributed by atoms with van der Waals surface area (Å²) in [5.41, 5.74) is 2.97. The van der Waals surface area contributed by atoms with E-state index in [0.717, 1.165) is 16.8 Å². The molecule has 0 bridgehead atoms. The maximum Gasteiger partial charge on any atom is 0.326 e. The van der Waals surface area contributed by atoms with Gasteiger partial charge < -0.3 is 15.3 Å². The van der Waals surface area contributed by atoms with Crippen LogP contribution in [0.2, 0.25) is 0 Å². The fourth-order valence-corrected chi connectivity index (χ4v) is 3.09. The van der Waals surface area contributed by atoms with Gasteiger partial charge in [0.25, 0.3) is 0 Å². The smallest absolute Gasteiger partial charge is 0.326 e. The lowest BCUT2D eigenvalue weighted by molar-refractivity contribution is -0.142. The summed E-state index contributed by atoms with van der Waals surface area (Å²) in [4.78, 5) is 26.2. The molecule has 0 aliphatic heterocycles. The summed E-state index contributed by atoms with van der Waals surface area (Å²) in [5, 5.41) is 12.1. The maximum absolute atomic E-state index is 12.6. The Morgan fingerprint density at radius 3 is 2.11 bits per heavy atom. The molecular weight excluding hydrogens is 360 g/mol. The van der Waals surface area contributed by atoms with Crippen LogP contribution in [0, 0.1) is 5.92 Å². The first-order valence-corrected chi connectivity index (χ1v) is 9.48. The number of aliphatic carboxylic acids is 1. The van der Waals surface area contributed by atoms with Crippen molar-refractivity contribution in [1.82, 2.24) is 5.32 Å². The van der Waals surface area contributed by atoms with Crippen molar-refractivity contribution in [3.63, 3.8) is 0 Å². The minimum Gasteiger partial charge on any atom is -0.480 e. The number of carbonyl (C=O) groups excluding carboxylic acids is 1. The SMILES string of the molecule is CN(C)c1ccc(CC(CS)C(=O)N[C@@H](Cc2ccccc2)C(=O)O)cc1. The molecule has 2 aromatic carbocycles. The van der Waals surface area contributed by atoms with Gasteiger partial charge in [0.1, 0.15) is 6.04 Å². The summed E-state index contributed by atoms with van der Waals surface area (Å²) in [7, 11) is 3.94. The van der Waals surface area contributed by atoms with Crippen molar-refractivity contribution in [3.8, 4) is 0 Å². The summed E-state index contributed by atoms with van der Waals surface area (Å²) in [6, 6.07) is 16.3. The number of carboxylic acids is 1. The zero-order valence-corrected chi connectivity index (χ0v) is 16.5. The highest BCUT2D eigenvalue weighted by Crippen LogP contribution is 2.16. The predicted molar refractivity (Wildman–Crippen MR) is 112 cm³/mol. The Labute approximate surface area is 165 Å². The Bertz CT molecular complexity index is 748. The molecule has 2 atom stereocenters. The van der Waals surface area contributed by atoms with Crippen LogP contribution in [0.25, 0.3) is 0 Å². The van der Waals surface area contributed by atoms with Gasteiger partial charge in [-0.1, -0.05) is 42.5 Å². The lowest BCUT2D eigenvalue weighted by Gasteiger charge is -2.20. The number of rotatable bonds is 9. The summed E-state index contributed by atoms with van der Waals surface area (Å²) >= 11 is 4.30. The van der Waals surface area contributed by atoms with Gasteiger partial charge in [0, 0.05) is 32.0 Å². The third-order valence-corrected chi connectivity index (χ3v) is 4.86. The van der Waals surface area contributed by atoms with E-state index >= 15 is 0 Å². The summed E-state index contributed by atoms with van der Waals surface area (Å²) in [6.07, 6.45) is 0.763. The molecule has 0 aliphatic rings. The Hall–Kier alpha value is -2.47. The molecule has 0 saturated carbocycles. The van der Waals surface area contributed by atoms with Gasteiger partial charge in [-0.05, 0) is 29.7 Å². The largest absolute Gasteiger partial charge is 0.480 e. The molecule has 1 amide bonds. The van der Waals surface area contributed by atoms with Crippen molar-refractivity contribution in [2.24, 2.45) is 5.92 Å². The molecule has 1 unspecified atom stereocenters. The van der Waals surface area contributed by atoms with Gasteiger partial charge in [0.2, 0.25) is 5.91 Å². The van der Waals surface area contributed by atoms with Gasteiger partial charge in [0.15, 0.2) is 0 Å². The van der Waals surface area contributed by atoms with Crippen molar-refractivity contribution in [2.45, 2.75) is 18.9 Å². The minimum absolute atomic E-state index is 0.249. The molecule has 2 rings (SSSR count). The summed E-state index contributed by atoms with van der Waals surface area (Å²) in [5.74, 6) is -1.37. The van der Waals surface area contributed by atoms with Crippen LogP contribution in [0.1, 0.15) is 11.1 Å². The second kappa shape index (κ2) is 10.0. The number of anilines is 1. The number of amides is 1. The second-order valence-electron chi connectivity index (χ2n) is 6.73. The number of carboxylic acid groups (broad SMARTS) is 1. The number of hydrogen-bond acceptors (Lipinski definition) is 4. The molecular formula is C21H26N2O3S. The number of benzene rings is 2. The molecule has 0 heterocycles. The average molecular weight is 387 g/mol. The molecule has 2 aromatic rings. The first-order valence-electron chi connectivity index (χ1n) is 8.85. The van der Waals surface area contributed by atoms with E-state index in [1.54, 1.807) is 0 Å². The molecule has 0 aromatic heterocycles. The first-order chi connectivity index (χ1) is 12.9. The molecule has 0 saturated heterocycles. The standard InChI is InChI=1S/C21H26N2O3S/c1-23(2)18-10-8-16(9-11-18)12-17(14-27)20(24)22-19(21(25)26)13-15-6-4-3-5-7-15/h3-11,17,19,27H,12-14H2,1-2H3,(H,22,24)(H,25,26)/t17?,19-/m0/s1. The van der Waals surface area contributed by atoms with Crippen molar-refractivity contribution >= 4 is 30.2 Å². The van der Waals surface area contributed by atoms with Crippen LogP contribution in [-0.2, 0) is 22.4 Å². The van der Waals surface area contributed by atoms with Crippen molar-refractivity contribution in [1.29, 1.82) is 0 Å². The van der Waals surface area contributed by atoms with E-state index in [1.807, 2.05) is 73.6 Å². The second-order valence-corrected chi connectivity index (χ2v) is 7.10. The zero-order chi connectivity index (χ0) is 19.8. The van der Waals surface area contributed by atoms with Gasteiger partial charge >= 0.3 is 5.97 Å². The third kappa shape index (κ3) is 6.32. The number of nitrogens with zero attached hydrogens (tertiary/aromatic N) is 1. The molecule has 0 fully saturated rings. The number of carbonyl (C=O) groups is 2. The van der Waals surface area contributed by atoms with E-state index in [2.05, 4.69) is 17.9 Å². The van der Waals surface area contributed by atoms with Crippen LogP contribution in [0.4, 0.5) is 5.69 Å². The van der Waals surface area contributed by atoms with Gasteiger partial charge in [0.05, 0.1) is 5.92 Å². The fourth-order valence-electron chi connectivity index (χ4n) is 2.79. The quantitative estimate of drug-likeness (QED) is 0.580. The number of nitrogens with one attached hydrogen (secondary N) is 1. The van der Waals surface area contributed by atoms with Crippen LogP contribution in [-0.4, -0.2) is 42.9 Å². The Balaban J connectivity index is 2.02. The molecule has 2 N–H and O–H groups in total. The maximum atomic E-state index is 12.6. The number of hydrogen-bond donors (Lipinski definition) is 3. The van der Waals surface area contributed by atoms with Crippen LogP contribution < -0.4 is 10.2 Å². The van der Waals surface area contributed by atoms with Gasteiger partial charge in [-0.3, -0.25) is 4.79 Å². The number of thiol groups is 1. The van der Waals surface area contributed by atoms with Gasteiger partial charge in [-0.15, -0.1) is 0 Å². The molecule has 0 spiro atoms. The van der Waals surface area contributed by atoms with Gasteiger partial charge in [-0.25, -0.2) is 4.79 Å². The van der Waals surface area contributed by atoms with E-state index in [-0.39, 0.29) is 12.3 Å². The van der Waals surface area contributed by atoms with E-state index in [4.69, 9.17) is 0 Å². The van der Waals surface area contributed by atoms with E-state index in [1.165, 1.54) is 0 Å². The van der Waals surface area contributed by atoms with Crippen molar-refractivity contribution in [2.75, 3.05) is 24.7 Å². The van der Waals surface area contributed by atoms with Crippen LogP contribution in [0.3, 0.4) is 0 Å². The Morgan fingerprint density at radius 2 is 1.59 bits per heavy atom. The Morgan fingerprint density at radius 1 is 1.00 bits per heavy atom. The van der Waals surface area contributed by atoms with E-state index in [9.17, 15) is 14.7 Å². The van der Waals surface area contributed by atoms with E-state index < -0.39 is 17.9 Å². The van der Waals surface area contributed by atoms with Crippen molar-refractivity contribution < 1.29 is 14.7 Å². The molecule has 0 aliphatic carbocycles. The zero-order valence-electron chi connectivity index (χ0n) is 15.6. The lowest BCUT2D eigenvalue weighted by atomic mass is 9.98. The molecule has 0 radical (unpaired) electrons. The van der Waals surface area contributed by atoms with E-state index in [0.29, 0.717) is 12.2 Å². The van der Waals surface area contributed by atoms with Crippen LogP contribution >= 0.6 is 12.6 Å². The lowest BCUT2D eigenvalue weighted by Crippen LogP contribution is -2.45. The monoisotopic (exact) mass is 386 g/mol. The molecule has 27 heavy (non-hydrogen) atoms. The Kier molecular flexibility index (Phi) is 7.73. The topological polar surface area (TPSA) is 69.6 Å². The highest BCUT2D eigenvalue weighted by molar-refractivity contribution is 7.80. The molecule has 5 nitrogen and oxygen atoms in total. The van der Waals surface area contributed by atoms with Gasteiger partial charge in [-0.2, -0.15) is 12.6 Å². The summed E-state index contributed by atoms with van der Waals surface area (Å²) < 4.78 is 0. The normalized spacial score (nSPS) is 12.9. The average Bonchev–Trinajstić information content (AvgIpc) is 2.66. The fraction of sp³-hybridized carbons (Fsp3) is 0.333. The minimum atomic E-state index is -1.04. The predicted octanol–water partition coefficient (Wildman–Crippen LogP) is 2.65. The highest BCUT2D eigenvalue weighted by Gasteiger charge is 2.25. The van der Waals surface area contributed by atoms with Crippen molar-refractivity contribution in [3.05, 3.63) is 65.7 Å². The molecule has 6 heteroatoms. The summed E-state index contributed by atoms with van der Waals surface area (Å²) in [6.45, 7) is 0. The highest BCUT2D eigenvalue weighted by atomic mass is 32.1. The third-order valence-electron chi connectivity index (χ3n) is 4.42. The van der Waals surface area contributed by atoms with Crippen LogP contribution in [0.15, 0.2) is 54.6 Å².